The number of nitrogens with one attached hydrogen (secondary N) is 1. The van der Waals surface area contributed by atoms with Crippen LogP contribution in [0.5, 0.6) is 0 Å². The molecule has 140 valence electrons. The highest BCUT2D eigenvalue weighted by atomic mass is 16.5. The summed E-state index contributed by atoms with van der Waals surface area (Å²) in [5.74, 6) is -2.00. The van der Waals surface area contributed by atoms with E-state index in [1.807, 2.05) is 24.3 Å². The summed E-state index contributed by atoms with van der Waals surface area (Å²) in [5, 5.41) is 1.80. The van der Waals surface area contributed by atoms with Crippen LogP contribution in [0.15, 0.2) is 24.3 Å². The molecule has 8 nitrogen and oxygen atoms in total. The molecule has 4 amide bonds. The Bertz CT molecular complexity index is 719. The molecule has 1 heterocycles. The van der Waals surface area contributed by atoms with Crippen molar-refractivity contribution < 1.29 is 23.9 Å². The number of esters is 1. The van der Waals surface area contributed by atoms with Gasteiger partial charge in [0.05, 0.1) is 5.92 Å². The van der Waals surface area contributed by atoms with Gasteiger partial charge in [-0.2, -0.15) is 0 Å². The number of ether oxygens (including phenoxy) is 1. The van der Waals surface area contributed by atoms with Gasteiger partial charge in [-0.1, -0.05) is 32.0 Å². The van der Waals surface area contributed by atoms with E-state index in [0.29, 0.717) is 0 Å². The summed E-state index contributed by atoms with van der Waals surface area (Å²) in [6, 6.07) is 6.61. The molecule has 0 unspecified atom stereocenters. The molecule has 1 aliphatic rings. The summed E-state index contributed by atoms with van der Waals surface area (Å²) in [4.78, 5) is 48.0. The van der Waals surface area contributed by atoms with Gasteiger partial charge >= 0.3 is 12.0 Å². The molecule has 1 aliphatic heterocycles. The lowest BCUT2D eigenvalue weighted by molar-refractivity contribution is -0.152. The Kier molecular flexibility index (Phi) is 6.32. The van der Waals surface area contributed by atoms with Crippen LogP contribution in [0.1, 0.15) is 38.2 Å². The molecular weight excluding hydrogens is 338 g/mol. The van der Waals surface area contributed by atoms with Crippen molar-refractivity contribution in [3.63, 3.8) is 0 Å². The van der Waals surface area contributed by atoms with Gasteiger partial charge in [0.1, 0.15) is 0 Å². The Morgan fingerprint density at radius 2 is 2.04 bits per heavy atom. The maximum Gasteiger partial charge on any atom is 0.318 e. The molecule has 26 heavy (non-hydrogen) atoms. The molecule has 0 spiro atoms. The van der Waals surface area contributed by atoms with Gasteiger partial charge < -0.3 is 15.4 Å². The number of benzene rings is 1. The van der Waals surface area contributed by atoms with Crippen LogP contribution in [-0.2, 0) is 19.1 Å². The largest absolute Gasteiger partial charge is 0.455 e. The van der Waals surface area contributed by atoms with Crippen LogP contribution < -0.4 is 16.0 Å². The first-order valence-corrected chi connectivity index (χ1v) is 8.48. The van der Waals surface area contributed by atoms with Gasteiger partial charge in [0, 0.05) is 18.7 Å². The predicted octanol–water partition coefficient (Wildman–Crippen LogP) is 1.29. The van der Waals surface area contributed by atoms with Gasteiger partial charge in [-0.3, -0.25) is 19.7 Å². The first kappa shape index (κ1) is 19.4. The maximum absolute atomic E-state index is 12.4. The van der Waals surface area contributed by atoms with Crippen molar-refractivity contribution in [3.05, 3.63) is 29.8 Å². The molecule has 2 rings (SSSR count). The average Bonchev–Trinajstić information content (AvgIpc) is 3.00. The zero-order valence-corrected chi connectivity index (χ0v) is 14.9. The number of amides is 4. The van der Waals surface area contributed by atoms with E-state index in [1.54, 1.807) is 10.2 Å². The fourth-order valence-corrected chi connectivity index (χ4v) is 2.90. The van der Waals surface area contributed by atoms with Crippen molar-refractivity contribution in [2.45, 2.75) is 32.6 Å². The van der Waals surface area contributed by atoms with Crippen molar-refractivity contribution >= 4 is 29.5 Å². The zero-order valence-electron chi connectivity index (χ0n) is 14.9. The van der Waals surface area contributed by atoms with Crippen molar-refractivity contribution in [2.24, 2.45) is 11.7 Å². The second kappa shape index (κ2) is 8.46. The number of urea groups is 1. The fourth-order valence-electron chi connectivity index (χ4n) is 2.90. The number of para-hydroxylation sites is 1. The SMILES string of the molecule is CC[C@@H](C)c1ccccc1N1C[C@H](C(=O)OCC(=O)NC(N)=O)CC1=O. The predicted molar refractivity (Wildman–Crippen MR) is 94.3 cm³/mol. The summed E-state index contributed by atoms with van der Waals surface area (Å²) in [7, 11) is 0. The Labute approximate surface area is 151 Å². The third kappa shape index (κ3) is 4.59. The van der Waals surface area contributed by atoms with Gasteiger partial charge in [0.2, 0.25) is 5.91 Å². The number of nitrogens with two attached hydrogens (primary N) is 1. The Hall–Kier alpha value is -2.90. The molecule has 8 heteroatoms. The zero-order chi connectivity index (χ0) is 19.3. The standard InChI is InChI=1S/C18H23N3O5/c1-3-11(2)13-6-4-5-7-14(13)21-9-12(8-16(21)23)17(24)26-10-15(22)20-18(19)25/h4-7,11-12H,3,8-10H2,1-2H3,(H3,19,20,22,25)/t11-,12-/m1/s1. The molecule has 1 saturated heterocycles. The summed E-state index contributed by atoms with van der Waals surface area (Å²) >= 11 is 0. The van der Waals surface area contributed by atoms with Crippen LogP contribution in [-0.4, -0.2) is 37.0 Å². The smallest absolute Gasteiger partial charge is 0.318 e. The van der Waals surface area contributed by atoms with E-state index in [9.17, 15) is 19.2 Å². The minimum absolute atomic E-state index is 0.0190. The second-order valence-electron chi connectivity index (χ2n) is 6.29. The van der Waals surface area contributed by atoms with E-state index in [1.165, 1.54) is 0 Å². The van der Waals surface area contributed by atoms with E-state index in [-0.39, 0.29) is 24.8 Å². The number of primary amides is 1. The summed E-state index contributed by atoms with van der Waals surface area (Å²) in [5.41, 5.74) is 6.66. The molecule has 0 aliphatic carbocycles. The van der Waals surface area contributed by atoms with Crippen LogP contribution in [0.2, 0.25) is 0 Å². The Morgan fingerprint density at radius 3 is 2.69 bits per heavy atom. The summed E-state index contributed by atoms with van der Waals surface area (Å²) < 4.78 is 4.88. The maximum atomic E-state index is 12.4. The number of hydrogen-bond acceptors (Lipinski definition) is 5. The van der Waals surface area contributed by atoms with E-state index >= 15 is 0 Å². The van der Waals surface area contributed by atoms with Crippen LogP contribution in [0, 0.1) is 5.92 Å². The van der Waals surface area contributed by atoms with E-state index in [0.717, 1.165) is 17.7 Å². The van der Waals surface area contributed by atoms with Crippen molar-refractivity contribution in [3.8, 4) is 0 Å². The highest BCUT2D eigenvalue weighted by Gasteiger charge is 2.37. The normalized spacial score (nSPS) is 17.7. The quantitative estimate of drug-likeness (QED) is 0.740. The fraction of sp³-hybridized carbons (Fsp3) is 0.444. The lowest BCUT2D eigenvalue weighted by atomic mass is 9.96. The molecule has 0 aromatic heterocycles. The lowest BCUT2D eigenvalue weighted by Gasteiger charge is -2.23. The number of nitrogens with zero attached hydrogens (tertiary/aromatic N) is 1. The highest BCUT2D eigenvalue weighted by molar-refractivity contribution is 6.00. The number of anilines is 1. The topological polar surface area (TPSA) is 119 Å². The molecular formula is C18H23N3O5. The molecule has 1 fully saturated rings. The van der Waals surface area contributed by atoms with Gasteiger partial charge in [0.25, 0.3) is 5.91 Å². The van der Waals surface area contributed by atoms with Crippen LogP contribution >= 0.6 is 0 Å². The number of carbonyl (C=O) groups excluding carboxylic acids is 4. The second-order valence-corrected chi connectivity index (χ2v) is 6.29. The molecule has 0 saturated carbocycles. The van der Waals surface area contributed by atoms with Gasteiger partial charge in [0.15, 0.2) is 6.61 Å². The monoisotopic (exact) mass is 361 g/mol. The summed E-state index contributed by atoms with van der Waals surface area (Å²) in [6.45, 7) is 3.74. The number of rotatable bonds is 6. The number of carbonyl (C=O) groups is 4. The average molecular weight is 361 g/mol. The van der Waals surface area contributed by atoms with Gasteiger partial charge in [-0.15, -0.1) is 0 Å². The van der Waals surface area contributed by atoms with Gasteiger partial charge in [-0.25, -0.2) is 4.79 Å². The first-order chi connectivity index (χ1) is 12.3. The number of imide groups is 1. The van der Waals surface area contributed by atoms with Crippen molar-refractivity contribution in [1.29, 1.82) is 0 Å². The van der Waals surface area contributed by atoms with E-state index in [4.69, 9.17) is 10.5 Å². The molecule has 0 bridgehead atoms. The van der Waals surface area contributed by atoms with E-state index < -0.39 is 30.4 Å². The van der Waals surface area contributed by atoms with Crippen LogP contribution in [0.4, 0.5) is 10.5 Å². The van der Waals surface area contributed by atoms with Crippen molar-refractivity contribution in [2.75, 3.05) is 18.1 Å². The Balaban J connectivity index is 2.04. The third-order valence-electron chi connectivity index (χ3n) is 4.44. The molecule has 1 aromatic rings. The summed E-state index contributed by atoms with van der Waals surface area (Å²) in [6.07, 6.45) is 0.949. The molecule has 2 atom stereocenters. The minimum atomic E-state index is -1.02. The van der Waals surface area contributed by atoms with E-state index in [2.05, 4.69) is 13.8 Å². The van der Waals surface area contributed by atoms with Crippen LogP contribution in [0.25, 0.3) is 0 Å². The lowest BCUT2D eigenvalue weighted by Crippen LogP contribution is -2.38. The molecule has 0 radical (unpaired) electrons. The molecule has 3 N–H and O–H groups in total. The highest BCUT2D eigenvalue weighted by Crippen LogP contribution is 2.33. The van der Waals surface area contributed by atoms with Crippen LogP contribution in [0.3, 0.4) is 0 Å². The molecule has 1 aromatic carbocycles. The number of hydrogen-bond donors (Lipinski definition) is 2. The van der Waals surface area contributed by atoms with Crippen molar-refractivity contribution in [1.82, 2.24) is 5.32 Å². The third-order valence-corrected chi connectivity index (χ3v) is 4.44. The minimum Gasteiger partial charge on any atom is -0.455 e. The Morgan fingerprint density at radius 1 is 1.35 bits per heavy atom. The van der Waals surface area contributed by atoms with Gasteiger partial charge in [-0.05, 0) is 24.0 Å². The first-order valence-electron chi connectivity index (χ1n) is 8.48.